The molecule has 1 fully saturated rings. The lowest BCUT2D eigenvalue weighted by Gasteiger charge is -2.35. The fourth-order valence-electron chi connectivity index (χ4n) is 4.71. The SMILES string of the molecule is CCOC(CC(C)C)(CC(C)C)C(=O)Nc1ccc(OCCN2CCC[C@H](C)C2)cc1. The van der Waals surface area contributed by atoms with Crippen LogP contribution in [0.3, 0.4) is 0 Å². The summed E-state index contributed by atoms with van der Waals surface area (Å²) in [5, 5.41) is 3.09. The number of anilines is 1. The van der Waals surface area contributed by atoms with Crippen LogP contribution in [0.2, 0.25) is 0 Å². The molecule has 0 bridgehead atoms. The van der Waals surface area contributed by atoms with E-state index < -0.39 is 5.60 Å². The Bertz CT molecular complexity index is 647. The summed E-state index contributed by atoms with van der Waals surface area (Å²) < 4.78 is 12.0. The molecule has 1 amide bonds. The quantitative estimate of drug-likeness (QED) is 0.467. The molecule has 1 aromatic rings. The first kappa shape index (κ1) is 25.7. The van der Waals surface area contributed by atoms with Crippen LogP contribution >= 0.6 is 0 Å². The molecule has 1 saturated heterocycles. The van der Waals surface area contributed by atoms with Gasteiger partial charge in [0, 0.05) is 25.4 Å². The van der Waals surface area contributed by atoms with Crippen LogP contribution in [0.1, 0.15) is 67.2 Å². The summed E-state index contributed by atoms with van der Waals surface area (Å²) in [6.45, 7) is 17.3. The molecule has 1 atom stereocenters. The number of carbonyl (C=O) groups excluding carboxylic acids is 1. The minimum atomic E-state index is -0.794. The van der Waals surface area contributed by atoms with Crippen molar-refractivity contribution in [1.82, 2.24) is 4.90 Å². The van der Waals surface area contributed by atoms with Gasteiger partial charge in [0.15, 0.2) is 0 Å². The molecule has 1 aliphatic heterocycles. The van der Waals surface area contributed by atoms with Crippen molar-refractivity contribution in [3.05, 3.63) is 24.3 Å². The summed E-state index contributed by atoms with van der Waals surface area (Å²) in [5.41, 5.74) is -0.0172. The fraction of sp³-hybridized carbons (Fsp3) is 0.731. The number of amides is 1. The molecule has 0 aliphatic carbocycles. The topological polar surface area (TPSA) is 50.8 Å². The lowest BCUT2D eigenvalue weighted by atomic mass is 9.83. The van der Waals surface area contributed by atoms with Gasteiger partial charge in [-0.05, 0) is 81.2 Å². The molecule has 0 spiro atoms. The van der Waals surface area contributed by atoms with Crippen molar-refractivity contribution < 1.29 is 14.3 Å². The predicted octanol–water partition coefficient (Wildman–Crippen LogP) is 5.60. The molecule has 0 radical (unpaired) electrons. The number of ether oxygens (including phenoxy) is 2. The second-order valence-corrected chi connectivity index (χ2v) is 10.00. The highest BCUT2D eigenvalue weighted by atomic mass is 16.5. The summed E-state index contributed by atoms with van der Waals surface area (Å²) in [4.78, 5) is 15.8. The van der Waals surface area contributed by atoms with Crippen molar-refractivity contribution in [2.75, 3.05) is 38.2 Å². The van der Waals surface area contributed by atoms with E-state index in [1.54, 1.807) is 0 Å². The number of likely N-dealkylation sites (tertiary alicyclic amines) is 1. The molecule has 176 valence electrons. The largest absolute Gasteiger partial charge is 0.492 e. The van der Waals surface area contributed by atoms with E-state index in [0.29, 0.717) is 37.9 Å². The Kier molecular flexibility index (Phi) is 10.3. The molecule has 2 rings (SSSR count). The number of nitrogens with zero attached hydrogens (tertiary/aromatic N) is 1. The van der Waals surface area contributed by atoms with Crippen molar-refractivity contribution in [1.29, 1.82) is 0 Å². The summed E-state index contributed by atoms with van der Waals surface area (Å²) in [6.07, 6.45) is 4.04. The standard InChI is InChI=1S/C26H44N2O3/c1-7-31-26(17-20(2)3,18-21(4)5)25(29)27-23-10-12-24(13-11-23)30-16-15-28-14-8-9-22(6)19-28/h10-13,20-22H,7-9,14-19H2,1-6H3,(H,27,29)/t22-/m0/s1. The van der Waals surface area contributed by atoms with Gasteiger partial charge in [0.25, 0.3) is 5.91 Å². The van der Waals surface area contributed by atoms with Gasteiger partial charge in [-0.3, -0.25) is 9.69 Å². The molecule has 31 heavy (non-hydrogen) atoms. The summed E-state index contributed by atoms with van der Waals surface area (Å²) in [5.74, 6) is 2.31. The monoisotopic (exact) mass is 432 g/mol. The fourth-order valence-corrected chi connectivity index (χ4v) is 4.71. The zero-order valence-electron chi connectivity index (χ0n) is 20.6. The van der Waals surface area contributed by atoms with Gasteiger partial charge in [-0.15, -0.1) is 0 Å². The van der Waals surface area contributed by atoms with Crippen molar-refractivity contribution in [2.24, 2.45) is 17.8 Å². The number of hydrogen-bond acceptors (Lipinski definition) is 4. The van der Waals surface area contributed by atoms with Gasteiger partial charge in [0.1, 0.15) is 18.0 Å². The van der Waals surface area contributed by atoms with Crippen LogP contribution in [0.5, 0.6) is 5.75 Å². The predicted molar refractivity (Wildman–Crippen MR) is 129 cm³/mol. The molecule has 1 aliphatic rings. The third kappa shape index (κ3) is 8.46. The van der Waals surface area contributed by atoms with Crippen molar-refractivity contribution >= 4 is 11.6 Å². The number of rotatable bonds is 12. The third-order valence-corrected chi connectivity index (χ3v) is 5.84. The Balaban J connectivity index is 1.93. The first-order valence-electron chi connectivity index (χ1n) is 12.1. The Hall–Kier alpha value is -1.59. The molecule has 0 unspecified atom stereocenters. The zero-order valence-corrected chi connectivity index (χ0v) is 20.6. The second-order valence-electron chi connectivity index (χ2n) is 10.00. The van der Waals surface area contributed by atoms with Crippen LogP contribution < -0.4 is 10.1 Å². The first-order valence-corrected chi connectivity index (χ1v) is 12.1. The Morgan fingerprint density at radius 1 is 1.16 bits per heavy atom. The Morgan fingerprint density at radius 2 is 1.81 bits per heavy atom. The molecule has 1 heterocycles. The summed E-state index contributed by atoms with van der Waals surface area (Å²) in [6, 6.07) is 7.69. The molecule has 0 saturated carbocycles. The molecular weight excluding hydrogens is 388 g/mol. The maximum Gasteiger partial charge on any atom is 0.256 e. The minimum absolute atomic E-state index is 0.0513. The molecular formula is C26H44N2O3. The molecule has 0 aromatic heterocycles. The minimum Gasteiger partial charge on any atom is -0.492 e. The molecule has 5 heteroatoms. The van der Waals surface area contributed by atoms with E-state index in [4.69, 9.17) is 9.47 Å². The van der Waals surface area contributed by atoms with Crippen molar-refractivity contribution in [3.8, 4) is 5.75 Å². The van der Waals surface area contributed by atoms with Gasteiger partial charge in [0.05, 0.1) is 0 Å². The Labute approximate surface area is 189 Å². The number of carbonyl (C=O) groups is 1. The maximum absolute atomic E-state index is 13.3. The van der Waals surface area contributed by atoms with Crippen LogP contribution in [0.15, 0.2) is 24.3 Å². The van der Waals surface area contributed by atoms with Crippen molar-refractivity contribution in [3.63, 3.8) is 0 Å². The van der Waals surface area contributed by atoms with Crippen LogP contribution in [0.25, 0.3) is 0 Å². The lowest BCUT2D eigenvalue weighted by molar-refractivity contribution is -0.146. The summed E-state index contributed by atoms with van der Waals surface area (Å²) in [7, 11) is 0. The van der Waals surface area contributed by atoms with E-state index >= 15 is 0 Å². The highest BCUT2D eigenvalue weighted by Gasteiger charge is 2.40. The number of piperidine rings is 1. The van der Waals surface area contributed by atoms with E-state index in [-0.39, 0.29) is 5.91 Å². The number of nitrogens with one attached hydrogen (secondary N) is 1. The zero-order chi connectivity index (χ0) is 22.9. The highest BCUT2D eigenvalue weighted by Crippen LogP contribution is 2.31. The Morgan fingerprint density at radius 3 is 2.35 bits per heavy atom. The maximum atomic E-state index is 13.3. The van der Waals surface area contributed by atoms with Crippen LogP contribution in [-0.4, -0.2) is 49.3 Å². The van der Waals surface area contributed by atoms with E-state index in [0.717, 1.165) is 23.9 Å². The molecule has 5 nitrogen and oxygen atoms in total. The van der Waals surface area contributed by atoms with Gasteiger partial charge in [-0.2, -0.15) is 0 Å². The van der Waals surface area contributed by atoms with Crippen molar-refractivity contribution in [2.45, 2.75) is 72.8 Å². The molecule has 1 aromatic carbocycles. The smallest absolute Gasteiger partial charge is 0.256 e. The van der Waals surface area contributed by atoms with Crippen LogP contribution in [-0.2, 0) is 9.53 Å². The lowest BCUT2D eigenvalue weighted by Crippen LogP contribution is -2.47. The van der Waals surface area contributed by atoms with E-state index in [9.17, 15) is 4.79 Å². The summed E-state index contributed by atoms with van der Waals surface area (Å²) >= 11 is 0. The average molecular weight is 433 g/mol. The van der Waals surface area contributed by atoms with Gasteiger partial charge in [-0.25, -0.2) is 0 Å². The average Bonchev–Trinajstić information content (AvgIpc) is 2.68. The van der Waals surface area contributed by atoms with E-state index in [1.807, 2.05) is 31.2 Å². The van der Waals surface area contributed by atoms with E-state index in [2.05, 4.69) is 44.8 Å². The van der Waals surface area contributed by atoms with Gasteiger partial charge >= 0.3 is 0 Å². The van der Waals surface area contributed by atoms with Gasteiger partial charge < -0.3 is 14.8 Å². The third-order valence-electron chi connectivity index (χ3n) is 5.84. The number of hydrogen-bond donors (Lipinski definition) is 1. The van der Waals surface area contributed by atoms with Crippen LogP contribution in [0.4, 0.5) is 5.69 Å². The van der Waals surface area contributed by atoms with Gasteiger partial charge in [-0.1, -0.05) is 34.6 Å². The first-order chi connectivity index (χ1) is 14.7. The van der Waals surface area contributed by atoms with Gasteiger partial charge in [0.2, 0.25) is 0 Å². The van der Waals surface area contributed by atoms with Crippen LogP contribution in [0, 0.1) is 17.8 Å². The number of benzene rings is 1. The molecule has 1 N–H and O–H groups in total. The normalized spacial score (nSPS) is 17.9. The van der Waals surface area contributed by atoms with E-state index in [1.165, 1.54) is 25.9 Å². The highest BCUT2D eigenvalue weighted by molar-refractivity contribution is 5.97. The second kappa shape index (κ2) is 12.4.